The molecule has 0 saturated carbocycles. The summed E-state index contributed by atoms with van der Waals surface area (Å²) in [5, 5.41) is 10.3. The van der Waals surface area contributed by atoms with Crippen molar-refractivity contribution in [2.45, 2.75) is 10.8 Å². The van der Waals surface area contributed by atoms with Gasteiger partial charge in [0.2, 0.25) is 0 Å². The highest BCUT2D eigenvalue weighted by Crippen LogP contribution is 2.28. The van der Waals surface area contributed by atoms with Crippen molar-refractivity contribution in [2.75, 3.05) is 0 Å². The van der Waals surface area contributed by atoms with E-state index < -0.39 is 5.97 Å². The smallest absolute Gasteiger partial charge is 0.338 e. The van der Waals surface area contributed by atoms with Crippen LogP contribution in [0.4, 0.5) is 0 Å². The lowest BCUT2D eigenvalue weighted by Crippen LogP contribution is -2.00. The highest BCUT2D eigenvalue weighted by Gasteiger charge is 2.12. The molecule has 19 heavy (non-hydrogen) atoms. The fraction of sp³-hybridized carbons (Fsp3) is 0.0833. The van der Waals surface area contributed by atoms with E-state index in [0.717, 1.165) is 5.56 Å². The molecule has 2 aromatic rings. The normalized spacial score (nSPS) is 10.4. The van der Waals surface area contributed by atoms with Crippen LogP contribution in [-0.2, 0) is 5.75 Å². The van der Waals surface area contributed by atoms with Gasteiger partial charge in [-0.2, -0.15) is 0 Å². The second-order valence-electron chi connectivity index (χ2n) is 3.55. The van der Waals surface area contributed by atoms with Gasteiger partial charge in [0.15, 0.2) is 0 Å². The quantitative estimate of drug-likeness (QED) is 0.687. The molecule has 0 aromatic carbocycles. The van der Waals surface area contributed by atoms with Crippen LogP contribution in [0.25, 0.3) is 0 Å². The summed E-state index contributed by atoms with van der Waals surface area (Å²) in [7, 11) is 0. The molecule has 1 N–H and O–H groups in total. The molecule has 0 aliphatic rings. The van der Waals surface area contributed by atoms with Gasteiger partial charge < -0.3 is 5.11 Å². The van der Waals surface area contributed by atoms with Gasteiger partial charge in [-0.05, 0) is 23.8 Å². The van der Waals surface area contributed by atoms with Crippen LogP contribution in [0.5, 0.6) is 0 Å². The standard InChI is InChI=1S/C12H8Cl2N2O2S/c13-9-4-10(14)16-5-7(9)6-19-11-8(12(17)18)2-1-3-15-11/h1-5H,6H2,(H,17,18). The maximum atomic E-state index is 11.0. The Morgan fingerprint density at radius 3 is 2.84 bits per heavy atom. The van der Waals surface area contributed by atoms with Gasteiger partial charge >= 0.3 is 5.97 Å². The zero-order chi connectivity index (χ0) is 13.8. The molecule has 2 aromatic heterocycles. The Labute approximate surface area is 123 Å². The summed E-state index contributed by atoms with van der Waals surface area (Å²) in [5.74, 6) is -0.531. The molecular formula is C12H8Cl2N2O2S. The summed E-state index contributed by atoms with van der Waals surface area (Å²) in [6.07, 6.45) is 3.12. The number of carbonyl (C=O) groups is 1. The van der Waals surface area contributed by atoms with Gasteiger partial charge in [0.1, 0.15) is 10.2 Å². The van der Waals surface area contributed by atoms with Crippen molar-refractivity contribution in [1.82, 2.24) is 9.97 Å². The van der Waals surface area contributed by atoms with Gasteiger partial charge in [-0.3, -0.25) is 0 Å². The van der Waals surface area contributed by atoms with E-state index in [-0.39, 0.29) is 5.56 Å². The van der Waals surface area contributed by atoms with Crippen molar-refractivity contribution < 1.29 is 9.90 Å². The van der Waals surface area contributed by atoms with Crippen LogP contribution >= 0.6 is 35.0 Å². The number of nitrogens with zero attached hydrogens (tertiary/aromatic N) is 2. The van der Waals surface area contributed by atoms with Crippen molar-refractivity contribution >= 4 is 40.9 Å². The Morgan fingerprint density at radius 2 is 2.16 bits per heavy atom. The fourth-order valence-electron chi connectivity index (χ4n) is 1.36. The minimum Gasteiger partial charge on any atom is -0.478 e. The van der Waals surface area contributed by atoms with Crippen molar-refractivity contribution in [3.8, 4) is 0 Å². The van der Waals surface area contributed by atoms with E-state index in [1.165, 1.54) is 17.8 Å². The molecule has 0 bridgehead atoms. The van der Waals surface area contributed by atoms with E-state index in [2.05, 4.69) is 9.97 Å². The van der Waals surface area contributed by atoms with Crippen LogP contribution in [-0.4, -0.2) is 21.0 Å². The van der Waals surface area contributed by atoms with Gasteiger partial charge in [-0.15, -0.1) is 11.8 Å². The summed E-state index contributed by atoms with van der Waals surface area (Å²) >= 11 is 13.0. The molecule has 0 aliphatic carbocycles. The number of carboxylic acid groups (broad SMARTS) is 1. The molecule has 7 heteroatoms. The largest absolute Gasteiger partial charge is 0.478 e. The van der Waals surface area contributed by atoms with Crippen molar-refractivity contribution in [3.63, 3.8) is 0 Å². The number of halogens is 2. The number of pyridine rings is 2. The first-order chi connectivity index (χ1) is 9.08. The maximum absolute atomic E-state index is 11.0. The highest BCUT2D eigenvalue weighted by atomic mass is 35.5. The number of carboxylic acids is 1. The molecule has 4 nitrogen and oxygen atoms in total. The Hall–Kier alpha value is -1.30. The predicted octanol–water partition coefficient (Wildman–Crippen LogP) is 3.77. The number of aromatic carboxylic acids is 1. The first-order valence-electron chi connectivity index (χ1n) is 5.19. The molecule has 0 aliphatic heterocycles. The lowest BCUT2D eigenvalue weighted by molar-refractivity contribution is 0.0692. The summed E-state index contributed by atoms with van der Waals surface area (Å²) in [6, 6.07) is 4.65. The molecule has 0 amide bonds. The van der Waals surface area contributed by atoms with Crippen LogP contribution in [0.15, 0.2) is 35.6 Å². The predicted molar refractivity (Wildman–Crippen MR) is 75.0 cm³/mol. The average molecular weight is 315 g/mol. The number of hydrogen-bond donors (Lipinski definition) is 1. The van der Waals surface area contributed by atoms with Gasteiger partial charge in [0.25, 0.3) is 0 Å². The molecule has 0 unspecified atom stereocenters. The fourth-order valence-corrected chi connectivity index (χ4v) is 2.84. The minimum absolute atomic E-state index is 0.172. The van der Waals surface area contributed by atoms with Crippen LogP contribution in [0.2, 0.25) is 10.2 Å². The number of aromatic nitrogens is 2. The zero-order valence-electron chi connectivity index (χ0n) is 9.51. The van der Waals surface area contributed by atoms with Crippen LogP contribution in [0.1, 0.15) is 15.9 Å². The zero-order valence-corrected chi connectivity index (χ0v) is 11.8. The Kier molecular flexibility index (Phi) is 4.63. The maximum Gasteiger partial charge on any atom is 0.338 e. The van der Waals surface area contributed by atoms with Crippen molar-refractivity contribution in [3.05, 3.63) is 51.9 Å². The molecule has 0 spiro atoms. The van der Waals surface area contributed by atoms with E-state index in [0.29, 0.717) is 21.0 Å². The van der Waals surface area contributed by atoms with Gasteiger partial charge in [-0.25, -0.2) is 14.8 Å². The summed E-state index contributed by atoms with van der Waals surface area (Å²) < 4.78 is 0. The number of hydrogen-bond acceptors (Lipinski definition) is 4. The SMILES string of the molecule is O=C(O)c1cccnc1SCc1cnc(Cl)cc1Cl. The summed E-state index contributed by atoms with van der Waals surface area (Å²) in [6.45, 7) is 0. The van der Waals surface area contributed by atoms with E-state index >= 15 is 0 Å². The Balaban J connectivity index is 2.17. The van der Waals surface area contributed by atoms with Crippen LogP contribution in [0.3, 0.4) is 0 Å². The van der Waals surface area contributed by atoms with Gasteiger partial charge in [0.05, 0.1) is 5.56 Å². The first kappa shape index (κ1) is 14.1. The lowest BCUT2D eigenvalue weighted by atomic mass is 10.3. The van der Waals surface area contributed by atoms with Crippen LogP contribution in [0, 0.1) is 0 Å². The number of thioether (sulfide) groups is 1. The molecule has 98 valence electrons. The van der Waals surface area contributed by atoms with Crippen molar-refractivity contribution in [1.29, 1.82) is 0 Å². The second-order valence-corrected chi connectivity index (χ2v) is 5.31. The molecule has 2 rings (SSSR count). The number of rotatable bonds is 4. The molecule has 0 atom stereocenters. The van der Waals surface area contributed by atoms with Gasteiger partial charge in [0, 0.05) is 23.2 Å². The van der Waals surface area contributed by atoms with Gasteiger partial charge in [-0.1, -0.05) is 23.2 Å². The third-order valence-corrected chi connectivity index (χ3v) is 3.87. The highest BCUT2D eigenvalue weighted by molar-refractivity contribution is 7.98. The Bertz CT molecular complexity index is 622. The topological polar surface area (TPSA) is 63.1 Å². The van der Waals surface area contributed by atoms with Crippen molar-refractivity contribution in [2.24, 2.45) is 0 Å². The average Bonchev–Trinajstić information content (AvgIpc) is 2.38. The molecular weight excluding hydrogens is 307 g/mol. The van der Waals surface area contributed by atoms with E-state index in [9.17, 15) is 4.79 Å². The molecule has 0 fully saturated rings. The lowest BCUT2D eigenvalue weighted by Gasteiger charge is -2.06. The summed E-state index contributed by atoms with van der Waals surface area (Å²) in [4.78, 5) is 19.0. The second kappa shape index (κ2) is 6.23. The third-order valence-electron chi connectivity index (χ3n) is 2.26. The molecule has 0 saturated heterocycles. The van der Waals surface area contributed by atoms with Crippen LogP contribution < -0.4 is 0 Å². The van der Waals surface area contributed by atoms with E-state index in [4.69, 9.17) is 28.3 Å². The van der Waals surface area contributed by atoms with E-state index in [1.54, 1.807) is 24.5 Å². The van der Waals surface area contributed by atoms with E-state index in [1.807, 2.05) is 0 Å². The molecule has 0 radical (unpaired) electrons. The Morgan fingerprint density at radius 1 is 1.37 bits per heavy atom. The molecule has 2 heterocycles. The monoisotopic (exact) mass is 314 g/mol. The third kappa shape index (κ3) is 3.59. The summed E-state index contributed by atoms with van der Waals surface area (Å²) in [5.41, 5.74) is 0.948. The first-order valence-corrected chi connectivity index (χ1v) is 6.93. The minimum atomic E-state index is -1.00.